The Morgan fingerprint density at radius 1 is 1.42 bits per heavy atom. The lowest BCUT2D eigenvalue weighted by Gasteiger charge is -2.20. The van der Waals surface area contributed by atoms with E-state index in [0.29, 0.717) is 24.5 Å². The molecule has 100 valence electrons. The number of aromatic nitrogens is 2. The zero-order valence-electron chi connectivity index (χ0n) is 11.2. The first-order valence-electron chi connectivity index (χ1n) is 6.22. The first-order chi connectivity index (χ1) is 9.11. The van der Waals surface area contributed by atoms with Crippen LogP contribution in [0.4, 0.5) is 5.69 Å². The summed E-state index contributed by atoms with van der Waals surface area (Å²) in [4.78, 5) is 18.1. The van der Waals surface area contributed by atoms with Crippen molar-refractivity contribution in [2.24, 2.45) is 7.05 Å². The van der Waals surface area contributed by atoms with Gasteiger partial charge in [-0.3, -0.25) is 4.79 Å². The number of nitrogens with zero attached hydrogens (tertiary/aromatic N) is 3. The van der Waals surface area contributed by atoms with Crippen molar-refractivity contribution in [1.29, 1.82) is 0 Å². The summed E-state index contributed by atoms with van der Waals surface area (Å²) in [6, 6.07) is 7.58. The highest BCUT2D eigenvalue weighted by Gasteiger charge is 2.17. The normalized spacial score (nSPS) is 10.4. The number of hydrogen-bond donors (Lipinski definition) is 1. The Hall–Kier alpha value is -2.30. The predicted molar refractivity (Wildman–Crippen MR) is 74.5 cm³/mol. The number of imidazole rings is 1. The first kappa shape index (κ1) is 13.1. The maximum absolute atomic E-state index is 12.3. The number of benzene rings is 1. The van der Waals surface area contributed by atoms with E-state index >= 15 is 0 Å². The molecule has 0 saturated heterocycles. The van der Waals surface area contributed by atoms with Gasteiger partial charge in [0.05, 0.1) is 6.33 Å². The summed E-state index contributed by atoms with van der Waals surface area (Å²) in [5.41, 5.74) is 8.02. The molecule has 2 rings (SSSR count). The van der Waals surface area contributed by atoms with Gasteiger partial charge in [-0.05, 0) is 18.6 Å². The summed E-state index contributed by atoms with van der Waals surface area (Å²) in [7, 11) is 1.84. The van der Waals surface area contributed by atoms with Crippen LogP contribution in [0.5, 0.6) is 0 Å². The summed E-state index contributed by atoms with van der Waals surface area (Å²) < 4.78 is 1.76. The molecule has 1 aromatic heterocycles. The van der Waals surface area contributed by atoms with E-state index in [9.17, 15) is 4.79 Å². The van der Waals surface area contributed by atoms with Gasteiger partial charge < -0.3 is 15.2 Å². The quantitative estimate of drug-likeness (QED) is 0.848. The maximum atomic E-state index is 12.3. The average molecular weight is 258 g/mol. The SMILES string of the molecule is CCN(Cc1ccccc1N)C(=O)c1cn(C)cn1. The first-order valence-corrected chi connectivity index (χ1v) is 6.22. The molecular formula is C14H18N4O. The van der Waals surface area contributed by atoms with Gasteiger partial charge in [0.25, 0.3) is 5.91 Å². The average Bonchev–Trinajstić information content (AvgIpc) is 2.84. The van der Waals surface area contributed by atoms with E-state index in [2.05, 4.69) is 4.98 Å². The van der Waals surface area contributed by atoms with Crippen molar-refractivity contribution >= 4 is 11.6 Å². The standard InChI is InChI=1S/C14H18N4O/c1-3-18(8-11-6-4-5-7-12(11)15)14(19)13-9-17(2)10-16-13/h4-7,9-10H,3,8,15H2,1-2H3. The predicted octanol–water partition coefficient (Wildman–Crippen LogP) is 1.66. The summed E-state index contributed by atoms with van der Waals surface area (Å²) in [5, 5.41) is 0. The molecule has 19 heavy (non-hydrogen) atoms. The van der Waals surface area contributed by atoms with Crippen molar-refractivity contribution < 1.29 is 4.79 Å². The van der Waals surface area contributed by atoms with Crippen molar-refractivity contribution in [3.63, 3.8) is 0 Å². The number of nitrogens with two attached hydrogens (primary N) is 1. The molecule has 5 nitrogen and oxygen atoms in total. The molecular weight excluding hydrogens is 240 g/mol. The Labute approximate surface area is 112 Å². The number of rotatable bonds is 4. The van der Waals surface area contributed by atoms with Gasteiger partial charge in [0.15, 0.2) is 0 Å². The minimum absolute atomic E-state index is 0.0775. The third kappa shape index (κ3) is 2.93. The van der Waals surface area contributed by atoms with Crippen molar-refractivity contribution in [3.05, 3.63) is 48.0 Å². The van der Waals surface area contributed by atoms with Gasteiger partial charge in [-0.1, -0.05) is 18.2 Å². The molecule has 1 amide bonds. The largest absolute Gasteiger partial charge is 0.398 e. The van der Waals surface area contributed by atoms with Crippen LogP contribution in [0.25, 0.3) is 0 Å². The number of amides is 1. The second kappa shape index (κ2) is 5.56. The highest BCUT2D eigenvalue weighted by Crippen LogP contribution is 2.14. The van der Waals surface area contributed by atoms with Crippen molar-refractivity contribution in [2.75, 3.05) is 12.3 Å². The van der Waals surface area contributed by atoms with Crippen molar-refractivity contribution in [2.45, 2.75) is 13.5 Å². The molecule has 0 unspecified atom stereocenters. The molecule has 0 aliphatic carbocycles. The van der Waals surface area contributed by atoms with E-state index in [-0.39, 0.29) is 5.91 Å². The maximum Gasteiger partial charge on any atom is 0.274 e. The molecule has 0 radical (unpaired) electrons. The Kier molecular flexibility index (Phi) is 3.85. The summed E-state index contributed by atoms with van der Waals surface area (Å²) in [6.45, 7) is 3.06. The number of aryl methyl sites for hydroxylation is 1. The molecule has 0 aliphatic rings. The summed E-state index contributed by atoms with van der Waals surface area (Å²) in [5.74, 6) is -0.0775. The second-order valence-corrected chi connectivity index (χ2v) is 4.44. The molecule has 0 fully saturated rings. The molecule has 2 aromatic rings. The smallest absolute Gasteiger partial charge is 0.274 e. The van der Waals surface area contributed by atoms with Crippen LogP contribution < -0.4 is 5.73 Å². The molecule has 1 heterocycles. The Bertz CT molecular complexity index is 576. The minimum atomic E-state index is -0.0775. The van der Waals surface area contributed by atoms with E-state index in [1.807, 2.05) is 38.2 Å². The number of hydrogen-bond acceptors (Lipinski definition) is 3. The molecule has 5 heteroatoms. The van der Waals surface area contributed by atoms with Crippen molar-refractivity contribution in [1.82, 2.24) is 14.5 Å². The van der Waals surface area contributed by atoms with E-state index in [0.717, 1.165) is 5.56 Å². The molecule has 0 saturated carbocycles. The van der Waals surface area contributed by atoms with Crippen molar-refractivity contribution in [3.8, 4) is 0 Å². The van der Waals surface area contributed by atoms with Gasteiger partial charge in [-0.2, -0.15) is 0 Å². The van der Waals surface area contributed by atoms with Crippen LogP contribution in [0.15, 0.2) is 36.8 Å². The second-order valence-electron chi connectivity index (χ2n) is 4.44. The lowest BCUT2D eigenvalue weighted by Crippen LogP contribution is -2.30. The molecule has 0 atom stereocenters. The van der Waals surface area contributed by atoms with Crippen LogP contribution in [0.2, 0.25) is 0 Å². The Morgan fingerprint density at radius 2 is 2.16 bits per heavy atom. The fraction of sp³-hybridized carbons (Fsp3) is 0.286. The number of nitrogen functional groups attached to an aromatic ring is 1. The minimum Gasteiger partial charge on any atom is -0.398 e. The van der Waals surface area contributed by atoms with Gasteiger partial charge in [0.1, 0.15) is 5.69 Å². The van der Waals surface area contributed by atoms with E-state index in [4.69, 9.17) is 5.73 Å². The molecule has 1 aromatic carbocycles. The lowest BCUT2D eigenvalue weighted by atomic mass is 10.1. The van der Waals surface area contributed by atoms with Gasteiger partial charge >= 0.3 is 0 Å². The van der Waals surface area contributed by atoms with Gasteiger partial charge in [-0.15, -0.1) is 0 Å². The fourth-order valence-corrected chi connectivity index (χ4v) is 1.90. The lowest BCUT2D eigenvalue weighted by molar-refractivity contribution is 0.0747. The van der Waals surface area contributed by atoms with Crippen LogP contribution >= 0.6 is 0 Å². The summed E-state index contributed by atoms with van der Waals surface area (Å²) >= 11 is 0. The molecule has 0 spiro atoms. The fourth-order valence-electron chi connectivity index (χ4n) is 1.90. The number of carbonyl (C=O) groups is 1. The zero-order valence-corrected chi connectivity index (χ0v) is 11.2. The third-order valence-corrected chi connectivity index (χ3v) is 3.01. The van der Waals surface area contributed by atoms with Crippen LogP contribution in [-0.4, -0.2) is 26.9 Å². The van der Waals surface area contributed by atoms with Gasteiger partial charge in [0, 0.05) is 32.0 Å². The molecule has 2 N–H and O–H groups in total. The van der Waals surface area contributed by atoms with Crippen LogP contribution in [0.1, 0.15) is 23.0 Å². The highest BCUT2D eigenvalue weighted by atomic mass is 16.2. The molecule has 0 bridgehead atoms. The molecule has 0 aliphatic heterocycles. The number of para-hydroxylation sites is 1. The van der Waals surface area contributed by atoms with E-state index < -0.39 is 0 Å². The van der Waals surface area contributed by atoms with E-state index in [1.165, 1.54) is 0 Å². The van der Waals surface area contributed by atoms with Crippen LogP contribution in [-0.2, 0) is 13.6 Å². The number of anilines is 1. The Morgan fingerprint density at radius 3 is 2.74 bits per heavy atom. The van der Waals surface area contributed by atoms with Gasteiger partial charge in [0.2, 0.25) is 0 Å². The zero-order chi connectivity index (χ0) is 13.8. The number of carbonyl (C=O) groups excluding carboxylic acids is 1. The third-order valence-electron chi connectivity index (χ3n) is 3.01. The van der Waals surface area contributed by atoms with E-state index in [1.54, 1.807) is 22.0 Å². The summed E-state index contributed by atoms with van der Waals surface area (Å²) in [6.07, 6.45) is 3.34. The van der Waals surface area contributed by atoms with Gasteiger partial charge in [-0.25, -0.2) is 4.98 Å². The van der Waals surface area contributed by atoms with Crippen LogP contribution in [0, 0.1) is 0 Å². The van der Waals surface area contributed by atoms with Crippen LogP contribution in [0.3, 0.4) is 0 Å². The monoisotopic (exact) mass is 258 g/mol. The highest BCUT2D eigenvalue weighted by molar-refractivity contribution is 5.92. The Balaban J connectivity index is 2.17. The topological polar surface area (TPSA) is 64.2 Å².